The normalized spacial score (nSPS) is 29.2. The van der Waals surface area contributed by atoms with Crippen LogP contribution in [0, 0.1) is 0 Å². The van der Waals surface area contributed by atoms with Crippen molar-refractivity contribution in [1.29, 1.82) is 0 Å². The molecule has 1 rings (SSSR count). The van der Waals surface area contributed by atoms with E-state index in [0.717, 1.165) is 10.6 Å². The molecule has 0 bridgehead atoms. The van der Waals surface area contributed by atoms with Gasteiger partial charge in [-0.1, -0.05) is 0 Å². The van der Waals surface area contributed by atoms with Crippen molar-refractivity contribution in [3.63, 3.8) is 0 Å². The molecule has 1 heterocycles. The summed E-state index contributed by atoms with van der Waals surface area (Å²) in [5, 5.41) is 0. The SMILES string of the molecule is CS(=O)(=O)N1CCC(F)C1. The topological polar surface area (TPSA) is 37.4 Å². The highest BCUT2D eigenvalue weighted by Gasteiger charge is 2.27. The summed E-state index contributed by atoms with van der Waals surface area (Å²) >= 11 is 0. The second-order valence-electron chi connectivity index (χ2n) is 2.51. The lowest BCUT2D eigenvalue weighted by atomic mass is 10.4. The van der Waals surface area contributed by atoms with Gasteiger partial charge in [0.05, 0.1) is 6.26 Å². The van der Waals surface area contributed by atoms with E-state index in [1.165, 1.54) is 0 Å². The van der Waals surface area contributed by atoms with Crippen molar-refractivity contribution in [2.75, 3.05) is 19.3 Å². The molecule has 0 aromatic rings. The van der Waals surface area contributed by atoms with E-state index in [1.54, 1.807) is 0 Å². The maximum atomic E-state index is 12.4. The van der Waals surface area contributed by atoms with Crippen LogP contribution >= 0.6 is 0 Å². The van der Waals surface area contributed by atoms with Gasteiger partial charge >= 0.3 is 0 Å². The van der Waals surface area contributed by atoms with E-state index in [4.69, 9.17) is 0 Å². The Balaban J connectivity index is 2.62. The number of hydrogen-bond acceptors (Lipinski definition) is 2. The van der Waals surface area contributed by atoms with Crippen molar-refractivity contribution >= 4 is 10.0 Å². The first-order valence-corrected chi connectivity index (χ1v) is 4.94. The van der Waals surface area contributed by atoms with Crippen LogP contribution < -0.4 is 0 Å². The first-order chi connectivity index (χ1) is 4.50. The van der Waals surface area contributed by atoms with Gasteiger partial charge in [0.1, 0.15) is 6.17 Å². The summed E-state index contributed by atoms with van der Waals surface area (Å²) in [5.74, 6) is 0. The molecule has 60 valence electrons. The van der Waals surface area contributed by atoms with E-state index in [-0.39, 0.29) is 6.54 Å². The van der Waals surface area contributed by atoms with Gasteiger partial charge in [-0.25, -0.2) is 12.8 Å². The van der Waals surface area contributed by atoms with Crippen molar-refractivity contribution in [2.24, 2.45) is 0 Å². The summed E-state index contributed by atoms with van der Waals surface area (Å²) in [6.45, 7) is 0.374. The number of nitrogens with zero attached hydrogens (tertiary/aromatic N) is 1. The van der Waals surface area contributed by atoms with Crippen LogP contribution in [0.2, 0.25) is 0 Å². The zero-order valence-electron chi connectivity index (χ0n) is 5.75. The van der Waals surface area contributed by atoms with Crippen LogP contribution in [0.5, 0.6) is 0 Å². The van der Waals surface area contributed by atoms with Crippen LogP contribution in [0.4, 0.5) is 4.39 Å². The van der Waals surface area contributed by atoms with Gasteiger partial charge in [0.2, 0.25) is 10.0 Å². The zero-order chi connectivity index (χ0) is 7.78. The Bertz CT molecular complexity index is 214. The summed E-state index contributed by atoms with van der Waals surface area (Å²) in [5.41, 5.74) is 0. The van der Waals surface area contributed by atoms with Crippen LogP contribution in [0.1, 0.15) is 6.42 Å². The molecule has 0 N–H and O–H groups in total. The molecule has 0 radical (unpaired) electrons. The molecule has 0 spiro atoms. The van der Waals surface area contributed by atoms with E-state index >= 15 is 0 Å². The van der Waals surface area contributed by atoms with Gasteiger partial charge in [-0.15, -0.1) is 0 Å². The first-order valence-electron chi connectivity index (χ1n) is 3.09. The molecular weight excluding hydrogens is 157 g/mol. The fourth-order valence-corrected chi connectivity index (χ4v) is 1.86. The second-order valence-corrected chi connectivity index (χ2v) is 4.49. The molecule has 1 atom stereocenters. The van der Waals surface area contributed by atoms with E-state index in [2.05, 4.69) is 0 Å². The molecular formula is C5H10FNO2S. The molecule has 0 aromatic heterocycles. The van der Waals surface area contributed by atoms with E-state index < -0.39 is 16.2 Å². The minimum Gasteiger partial charge on any atom is -0.246 e. The number of sulfonamides is 1. The monoisotopic (exact) mass is 167 g/mol. The Morgan fingerprint density at radius 3 is 2.40 bits per heavy atom. The van der Waals surface area contributed by atoms with Crippen molar-refractivity contribution in [1.82, 2.24) is 4.31 Å². The fourth-order valence-electron chi connectivity index (χ4n) is 0.989. The molecule has 5 heteroatoms. The zero-order valence-corrected chi connectivity index (χ0v) is 6.57. The smallest absolute Gasteiger partial charge is 0.211 e. The fraction of sp³-hybridized carbons (Fsp3) is 1.00. The lowest BCUT2D eigenvalue weighted by molar-refractivity contribution is 0.343. The van der Waals surface area contributed by atoms with Gasteiger partial charge in [-0.2, -0.15) is 4.31 Å². The van der Waals surface area contributed by atoms with E-state index in [0.29, 0.717) is 13.0 Å². The third kappa shape index (κ3) is 1.67. The summed E-state index contributed by atoms with van der Waals surface area (Å²) in [7, 11) is -3.14. The van der Waals surface area contributed by atoms with E-state index in [1.807, 2.05) is 0 Å². The molecule has 0 saturated carbocycles. The Hall–Kier alpha value is -0.160. The standard InChI is InChI=1S/C5H10FNO2S/c1-10(8,9)7-3-2-5(6)4-7/h5H,2-4H2,1H3. The minimum atomic E-state index is -3.14. The minimum absolute atomic E-state index is 0.0405. The Kier molecular flexibility index (Phi) is 1.96. The molecule has 0 aromatic carbocycles. The van der Waals surface area contributed by atoms with Gasteiger partial charge in [0.15, 0.2) is 0 Å². The molecule has 1 aliphatic heterocycles. The highest BCUT2D eigenvalue weighted by atomic mass is 32.2. The lowest BCUT2D eigenvalue weighted by Gasteiger charge is -2.09. The number of rotatable bonds is 1. The summed E-state index contributed by atoms with van der Waals surface area (Å²) in [6.07, 6.45) is 0.479. The third-order valence-corrected chi connectivity index (χ3v) is 2.83. The average molecular weight is 167 g/mol. The Morgan fingerprint density at radius 2 is 2.20 bits per heavy atom. The molecule has 1 fully saturated rings. The quantitative estimate of drug-likeness (QED) is 0.551. The molecule has 0 aliphatic carbocycles. The maximum absolute atomic E-state index is 12.4. The molecule has 1 aliphatic rings. The predicted octanol–water partition coefficient (Wildman–Crippen LogP) is -0.0102. The largest absolute Gasteiger partial charge is 0.246 e. The van der Waals surface area contributed by atoms with Gasteiger partial charge in [0, 0.05) is 13.1 Å². The number of alkyl halides is 1. The molecule has 0 amide bonds. The molecule has 10 heavy (non-hydrogen) atoms. The first kappa shape index (κ1) is 7.94. The van der Waals surface area contributed by atoms with Gasteiger partial charge in [-0.05, 0) is 6.42 Å². The van der Waals surface area contributed by atoms with Crippen LogP contribution in [-0.4, -0.2) is 38.2 Å². The van der Waals surface area contributed by atoms with Crippen molar-refractivity contribution < 1.29 is 12.8 Å². The average Bonchev–Trinajstić information content (AvgIpc) is 2.11. The van der Waals surface area contributed by atoms with Gasteiger partial charge < -0.3 is 0 Å². The van der Waals surface area contributed by atoms with Crippen molar-refractivity contribution in [2.45, 2.75) is 12.6 Å². The number of halogens is 1. The Morgan fingerprint density at radius 1 is 1.60 bits per heavy atom. The van der Waals surface area contributed by atoms with E-state index in [9.17, 15) is 12.8 Å². The molecule has 3 nitrogen and oxygen atoms in total. The van der Waals surface area contributed by atoms with Gasteiger partial charge in [-0.3, -0.25) is 0 Å². The lowest BCUT2D eigenvalue weighted by Crippen LogP contribution is -2.27. The third-order valence-electron chi connectivity index (χ3n) is 1.56. The van der Waals surface area contributed by atoms with Crippen LogP contribution in [0.3, 0.4) is 0 Å². The molecule has 1 unspecified atom stereocenters. The van der Waals surface area contributed by atoms with Crippen molar-refractivity contribution in [3.8, 4) is 0 Å². The van der Waals surface area contributed by atoms with Crippen molar-refractivity contribution in [3.05, 3.63) is 0 Å². The predicted molar refractivity (Wildman–Crippen MR) is 35.9 cm³/mol. The second kappa shape index (κ2) is 2.47. The van der Waals surface area contributed by atoms with Crippen LogP contribution in [0.15, 0.2) is 0 Å². The summed E-state index contributed by atoms with van der Waals surface area (Å²) in [6, 6.07) is 0. The molecule has 1 saturated heterocycles. The maximum Gasteiger partial charge on any atom is 0.211 e. The van der Waals surface area contributed by atoms with Crippen LogP contribution in [0.25, 0.3) is 0 Å². The number of hydrogen-bond donors (Lipinski definition) is 0. The summed E-state index contributed by atoms with van der Waals surface area (Å²) < 4.78 is 35.0. The summed E-state index contributed by atoms with van der Waals surface area (Å²) in [4.78, 5) is 0. The van der Waals surface area contributed by atoms with Crippen LogP contribution in [-0.2, 0) is 10.0 Å². The Labute approximate surface area is 59.9 Å². The highest BCUT2D eigenvalue weighted by Crippen LogP contribution is 2.14. The van der Waals surface area contributed by atoms with Gasteiger partial charge in [0.25, 0.3) is 0 Å². The highest BCUT2D eigenvalue weighted by molar-refractivity contribution is 7.88.